The summed E-state index contributed by atoms with van der Waals surface area (Å²) in [6.07, 6.45) is 3.15. The van der Waals surface area contributed by atoms with Crippen molar-refractivity contribution in [3.05, 3.63) is 91.3 Å². The monoisotopic (exact) mass is 411 g/mol. The van der Waals surface area contributed by atoms with Gasteiger partial charge in [0.25, 0.3) is 0 Å². The Kier molecular flexibility index (Phi) is 10.7. The van der Waals surface area contributed by atoms with Gasteiger partial charge in [-0.1, -0.05) is 18.2 Å². The number of nitrogens with zero attached hydrogens (tertiary/aromatic N) is 3. The standard InChI is InChI=1S/3C6H6O2.C3H3N3/c3*7-5-2-1-3-6(8)4-5;1-2-4-6-5-3-1/h3*1-4,7-8H;1-3H. The molecule has 0 amide bonds. The van der Waals surface area contributed by atoms with Crippen molar-refractivity contribution in [2.75, 3.05) is 0 Å². The van der Waals surface area contributed by atoms with Crippen LogP contribution in [0.15, 0.2) is 91.3 Å². The summed E-state index contributed by atoms with van der Waals surface area (Å²) in [5.41, 5.74) is 0. The SMILES string of the molecule is Oc1cccc(O)c1.Oc1cccc(O)c1.Oc1cccc(O)c1.c1cnnnc1. The van der Waals surface area contributed by atoms with Gasteiger partial charge in [-0.25, -0.2) is 0 Å². The molecule has 0 unspecified atom stereocenters. The first kappa shape index (κ1) is 23.5. The molecule has 0 spiro atoms. The van der Waals surface area contributed by atoms with Crippen molar-refractivity contribution in [3.63, 3.8) is 0 Å². The normalized spacial score (nSPS) is 8.80. The van der Waals surface area contributed by atoms with Crippen molar-refractivity contribution in [3.8, 4) is 34.5 Å². The van der Waals surface area contributed by atoms with Gasteiger partial charge in [0.2, 0.25) is 0 Å². The van der Waals surface area contributed by atoms with E-state index in [1.807, 2.05) is 0 Å². The Morgan fingerprint density at radius 2 is 0.667 bits per heavy atom. The topological polar surface area (TPSA) is 160 Å². The lowest BCUT2D eigenvalue weighted by molar-refractivity contribution is 0.449. The first-order valence-corrected chi connectivity index (χ1v) is 8.39. The van der Waals surface area contributed by atoms with Gasteiger partial charge in [-0.3, -0.25) is 0 Å². The summed E-state index contributed by atoms with van der Waals surface area (Å²) in [7, 11) is 0. The number of aromatic nitrogens is 3. The van der Waals surface area contributed by atoms with E-state index in [-0.39, 0.29) is 34.5 Å². The molecule has 3 aromatic carbocycles. The summed E-state index contributed by atoms with van der Waals surface area (Å²) in [6.45, 7) is 0. The van der Waals surface area contributed by atoms with Crippen molar-refractivity contribution >= 4 is 0 Å². The predicted octanol–water partition coefficient (Wildman–Crippen LogP) is 3.17. The molecule has 1 heterocycles. The smallest absolute Gasteiger partial charge is 0.119 e. The van der Waals surface area contributed by atoms with Crippen molar-refractivity contribution in [2.45, 2.75) is 0 Å². The second-order valence-electron chi connectivity index (χ2n) is 5.37. The summed E-state index contributed by atoms with van der Waals surface area (Å²) in [5, 5.41) is 62.1. The summed E-state index contributed by atoms with van der Waals surface area (Å²) < 4.78 is 0. The maximum Gasteiger partial charge on any atom is 0.119 e. The first-order chi connectivity index (χ1) is 14.4. The third-order valence-corrected chi connectivity index (χ3v) is 2.90. The molecule has 9 heteroatoms. The number of aromatic hydroxyl groups is 6. The number of benzene rings is 3. The van der Waals surface area contributed by atoms with Crippen LogP contribution in [0.5, 0.6) is 34.5 Å². The second-order valence-corrected chi connectivity index (χ2v) is 5.37. The predicted molar refractivity (Wildman–Crippen MR) is 109 cm³/mol. The molecule has 0 aliphatic carbocycles. The van der Waals surface area contributed by atoms with Crippen molar-refractivity contribution in [1.29, 1.82) is 0 Å². The van der Waals surface area contributed by atoms with E-state index in [4.69, 9.17) is 30.6 Å². The first-order valence-electron chi connectivity index (χ1n) is 8.39. The molecule has 0 saturated carbocycles. The summed E-state index contributed by atoms with van der Waals surface area (Å²) in [6, 6.07) is 19.3. The van der Waals surface area contributed by atoms with Crippen molar-refractivity contribution in [2.24, 2.45) is 0 Å². The van der Waals surface area contributed by atoms with Crippen molar-refractivity contribution in [1.82, 2.24) is 15.4 Å². The zero-order valence-electron chi connectivity index (χ0n) is 15.7. The second kappa shape index (κ2) is 13.6. The van der Waals surface area contributed by atoms with Crippen LogP contribution in [0.3, 0.4) is 0 Å². The quantitative estimate of drug-likeness (QED) is 0.255. The van der Waals surface area contributed by atoms with Gasteiger partial charge in [0.1, 0.15) is 34.5 Å². The molecule has 4 rings (SSSR count). The lowest BCUT2D eigenvalue weighted by Crippen LogP contribution is -1.78. The summed E-state index contributed by atoms with van der Waals surface area (Å²) in [5.74, 6) is 0.528. The highest BCUT2D eigenvalue weighted by Gasteiger charge is 1.87. The van der Waals surface area contributed by atoms with E-state index in [0.29, 0.717) is 0 Å². The Hall–Kier alpha value is -4.53. The Bertz CT molecular complexity index is 805. The maximum atomic E-state index is 8.65. The van der Waals surface area contributed by atoms with Gasteiger partial charge < -0.3 is 30.6 Å². The molecule has 0 aliphatic rings. The molecule has 9 nitrogen and oxygen atoms in total. The van der Waals surface area contributed by atoms with Gasteiger partial charge in [0.15, 0.2) is 0 Å². The number of phenols is 6. The highest BCUT2D eigenvalue weighted by Crippen LogP contribution is 2.16. The van der Waals surface area contributed by atoms with Gasteiger partial charge in [0, 0.05) is 18.2 Å². The Labute approximate surface area is 172 Å². The Morgan fingerprint density at radius 3 is 0.767 bits per heavy atom. The third kappa shape index (κ3) is 12.0. The Morgan fingerprint density at radius 1 is 0.400 bits per heavy atom. The zero-order valence-corrected chi connectivity index (χ0v) is 15.7. The molecule has 0 fully saturated rings. The molecule has 6 N–H and O–H groups in total. The molecule has 0 bridgehead atoms. The van der Waals surface area contributed by atoms with Crippen LogP contribution < -0.4 is 0 Å². The fourth-order valence-electron chi connectivity index (χ4n) is 1.68. The van der Waals surface area contributed by atoms with Gasteiger partial charge in [0.05, 0.1) is 12.4 Å². The van der Waals surface area contributed by atoms with Gasteiger partial charge in [-0.15, -0.1) is 10.2 Å². The van der Waals surface area contributed by atoms with Gasteiger partial charge in [-0.2, -0.15) is 0 Å². The van der Waals surface area contributed by atoms with Crippen LogP contribution in [0.25, 0.3) is 0 Å². The van der Waals surface area contributed by atoms with Crippen LogP contribution in [0, 0.1) is 0 Å². The van der Waals surface area contributed by atoms with E-state index in [1.165, 1.54) is 54.6 Å². The zero-order chi connectivity index (χ0) is 22.2. The van der Waals surface area contributed by atoms with E-state index in [9.17, 15) is 0 Å². The maximum absolute atomic E-state index is 8.65. The lowest BCUT2D eigenvalue weighted by Gasteiger charge is -1.89. The minimum atomic E-state index is 0.0880. The highest BCUT2D eigenvalue weighted by atomic mass is 16.3. The molecule has 0 atom stereocenters. The number of phenolic OH excluding ortho intramolecular Hbond substituents is 6. The molecule has 30 heavy (non-hydrogen) atoms. The van der Waals surface area contributed by atoms with Crippen LogP contribution in [-0.2, 0) is 0 Å². The van der Waals surface area contributed by atoms with E-state index >= 15 is 0 Å². The molecule has 156 valence electrons. The van der Waals surface area contributed by atoms with Crippen molar-refractivity contribution < 1.29 is 30.6 Å². The fraction of sp³-hybridized carbons (Fsp3) is 0. The van der Waals surface area contributed by atoms with E-state index in [1.54, 1.807) is 36.7 Å². The third-order valence-electron chi connectivity index (χ3n) is 2.90. The van der Waals surface area contributed by atoms with E-state index in [2.05, 4.69) is 15.4 Å². The lowest BCUT2D eigenvalue weighted by atomic mass is 10.3. The fourth-order valence-corrected chi connectivity index (χ4v) is 1.68. The minimum absolute atomic E-state index is 0.0880. The average molecular weight is 411 g/mol. The summed E-state index contributed by atoms with van der Waals surface area (Å²) in [4.78, 5) is 0. The van der Waals surface area contributed by atoms with E-state index < -0.39 is 0 Å². The molecule has 4 aromatic rings. The van der Waals surface area contributed by atoms with Crippen LogP contribution in [-0.4, -0.2) is 46.0 Å². The molecule has 1 aromatic heterocycles. The number of hydrogen-bond acceptors (Lipinski definition) is 9. The minimum Gasteiger partial charge on any atom is -0.508 e. The average Bonchev–Trinajstić information content (AvgIpc) is 2.70. The molecule has 0 saturated heterocycles. The molecular formula is C21H21N3O6. The largest absolute Gasteiger partial charge is 0.508 e. The summed E-state index contributed by atoms with van der Waals surface area (Å²) >= 11 is 0. The molecular weight excluding hydrogens is 390 g/mol. The van der Waals surface area contributed by atoms with Crippen LogP contribution in [0.2, 0.25) is 0 Å². The number of hydrogen-bond donors (Lipinski definition) is 6. The van der Waals surface area contributed by atoms with Gasteiger partial charge in [-0.05, 0) is 47.7 Å². The van der Waals surface area contributed by atoms with Crippen LogP contribution in [0.4, 0.5) is 0 Å². The number of rotatable bonds is 0. The van der Waals surface area contributed by atoms with Crippen LogP contribution in [0.1, 0.15) is 0 Å². The highest BCUT2D eigenvalue weighted by molar-refractivity contribution is 5.31. The molecule has 0 aliphatic heterocycles. The van der Waals surface area contributed by atoms with Crippen LogP contribution >= 0.6 is 0 Å². The van der Waals surface area contributed by atoms with Gasteiger partial charge >= 0.3 is 0 Å². The van der Waals surface area contributed by atoms with E-state index in [0.717, 1.165) is 0 Å². The molecule has 0 radical (unpaired) electrons. The Balaban J connectivity index is 0.000000201.